The molecule has 1 aliphatic heterocycles. The van der Waals surface area contributed by atoms with Crippen molar-refractivity contribution in [1.29, 1.82) is 0 Å². The van der Waals surface area contributed by atoms with Crippen LogP contribution in [-0.4, -0.2) is 55.0 Å². The van der Waals surface area contributed by atoms with Crippen molar-refractivity contribution < 1.29 is 0 Å². The zero-order valence-electron chi connectivity index (χ0n) is 15.2. The highest BCUT2D eigenvalue weighted by Gasteiger charge is 2.27. The van der Waals surface area contributed by atoms with Gasteiger partial charge in [-0.15, -0.1) is 16.8 Å². The van der Waals surface area contributed by atoms with Gasteiger partial charge in [0.1, 0.15) is 12.4 Å². The average molecular weight is 342 g/mol. The Morgan fingerprint density at radius 2 is 2.28 bits per heavy atom. The first-order chi connectivity index (χ1) is 12.1. The molecule has 8 nitrogen and oxygen atoms in total. The Hall–Kier alpha value is -2.64. The van der Waals surface area contributed by atoms with E-state index >= 15 is 0 Å². The fourth-order valence-corrected chi connectivity index (χ4v) is 3.04. The molecule has 1 N–H and O–H groups in total. The van der Waals surface area contributed by atoms with Crippen molar-refractivity contribution in [3.63, 3.8) is 0 Å². The first-order valence-corrected chi connectivity index (χ1v) is 8.56. The van der Waals surface area contributed by atoms with Crippen molar-refractivity contribution in [3.8, 4) is 0 Å². The van der Waals surface area contributed by atoms with E-state index < -0.39 is 0 Å². The standard InChI is InChI=1S/C17H26N8/c1-5-7-18-17(19-10-16-22-21-13(2)24(16)4)25-8-6-14(12-25)15-9-20-23(3)11-15/h5,9,11,14H,1,6-8,10,12H2,2-4H3,(H,18,19). The van der Waals surface area contributed by atoms with Crippen LogP contribution < -0.4 is 5.32 Å². The topological polar surface area (TPSA) is 76.2 Å². The van der Waals surface area contributed by atoms with Crippen molar-refractivity contribution in [2.24, 2.45) is 19.1 Å². The van der Waals surface area contributed by atoms with Crippen LogP contribution in [0.3, 0.4) is 0 Å². The van der Waals surface area contributed by atoms with Crippen LogP contribution in [0.15, 0.2) is 30.0 Å². The minimum absolute atomic E-state index is 0.488. The van der Waals surface area contributed by atoms with Crippen molar-refractivity contribution >= 4 is 5.96 Å². The molecule has 0 saturated carbocycles. The summed E-state index contributed by atoms with van der Waals surface area (Å²) in [5.41, 5.74) is 1.29. The Kier molecular flexibility index (Phi) is 5.16. The molecule has 2 aromatic rings. The first kappa shape index (κ1) is 17.2. The number of guanidine groups is 1. The van der Waals surface area contributed by atoms with E-state index in [9.17, 15) is 0 Å². The number of aromatic nitrogens is 5. The highest BCUT2D eigenvalue weighted by atomic mass is 15.3. The van der Waals surface area contributed by atoms with Gasteiger partial charge < -0.3 is 14.8 Å². The fraction of sp³-hybridized carbons (Fsp3) is 0.529. The molecular weight excluding hydrogens is 316 g/mol. The molecule has 8 heteroatoms. The fourth-order valence-electron chi connectivity index (χ4n) is 3.04. The zero-order valence-corrected chi connectivity index (χ0v) is 15.2. The van der Waals surface area contributed by atoms with Gasteiger partial charge in [0, 0.05) is 45.8 Å². The van der Waals surface area contributed by atoms with Gasteiger partial charge >= 0.3 is 0 Å². The third-order valence-corrected chi connectivity index (χ3v) is 4.64. The van der Waals surface area contributed by atoms with Crippen LogP contribution in [0.1, 0.15) is 29.6 Å². The molecule has 134 valence electrons. The Bertz CT molecular complexity index is 757. The van der Waals surface area contributed by atoms with Crippen LogP contribution in [0.5, 0.6) is 0 Å². The number of nitrogens with zero attached hydrogens (tertiary/aromatic N) is 7. The number of hydrogen-bond acceptors (Lipinski definition) is 4. The molecule has 3 heterocycles. The molecule has 1 fully saturated rings. The minimum Gasteiger partial charge on any atom is -0.353 e. The van der Waals surface area contributed by atoms with E-state index in [1.54, 1.807) is 0 Å². The smallest absolute Gasteiger partial charge is 0.194 e. The van der Waals surface area contributed by atoms with Gasteiger partial charge in [0.05, 0.1) is 6.20 Å². The van der Waals surface area contributed by atoms with E-state index in [2.05, 4.69) is 38.3 Å². The predicted octanol–water partition coefficient (Wildman–Crippen LogP) is 0.978. The SMILES string of the molecule is C=CCNC(=NCc1nnc(C)n1C)N1CCC(c2cnn(C)c2)C1. The summed E-state index contributed by atoms with van der Waals surface area (Å²) in [6, 6.07) is 0. The third kappa shape index (κ3) is 3.89. The Morgan fingerprint density at radius 1 is 1.44 bits per heavy atom. The summed E-state index contributed by atoms with van der Waals surface area (Å²) >= 11 is 0. The lowest BCUT2D eigenvalue weighted by molar-refractivity contribution is 0.487. The highest BCUT2D eigenvalue weighted by molar-refractivity contribution is 5.80. The van der Waals surface area contributed by atoms with Crippen LogP contribution in [0.25, 0.3) is 0 Å². The summed E-state index contributed by atoms with van der Waals surface area (Å²) in [7, 11) is 3.92. The average Bonchev–Trinajstić information content (AvgIpc) is 3.31. The summed E-state index contributed by atoms with van der Waals surface area (Å²) in [6.07, 6.45) is 7.01. The summed E-state index contributed by atoms with van der Waals surface area (Å²) < 4.78 is 3.83. The number of hydrogen-bond donors (Lipinski definition) is 1. The second-order valence-electron chi connectivity index (χ2n) is 6.41. The Balaban J connectivity index is 1.71. The van der Waals surface area contributed by atoms with E-state index in [1.807, 2.05) is 42.5 Å². The van der Waals surface area contributed by atoms with E-state index in [-0.39, 0.29) is 0 Å². The predicted molar refractivity (Wildman–Crippen MR) is 97.2 cm³/mol. The molecule has 1 atom stereocenters. The quantitative estimate of drug-likeness (QED) is 0.498. The first-order valence-electron chi connectivity index (χ1n) is 8.56. The second kappa shape index (κ2) is 7.50. The molecule has 1 aliphatic rings. The number of rotatable bonds is 5. The number of likely N-dealkylation sites (tertiary alicyclic amines) is 1. The lowest BCUT2D eigenvalue weighted by Crippen LogP contribution is -2.40. The van der Waals surface area contributed by atoms with E-state index in [0.29, 0.717) is 19.0 Å². The monoisotopic (exact) mass is 342 g/mol. The molecule has 0 amide bonds. The van der Waals surface area contributed by atoms with Crippen LogP contribution in [0, 0.1) is 6.92 Å². The van der Waals surface area contributed by atoms with Crippen LogP contribution in [-0.2, 0) is 20.6 Å². The minimum atomic E-state index is 0.488. The Labute approximate surface area is 148 Å². The lowest BCUT2D eigenvalue weighted by atomic mass is 10.0. The maximum atomic E-state index is 4.76. The van der Waals surface area contributed by atoms with E-state index in [1.165, 1.54) is 5.56 Å². The number of aryl methyl sites for hydroxylation is 2. The van der Waals surface area contributed by atoms with Gasteiger partial charge in [0.25, 0.3) is 0 Å². The van der Waals surface area contributed by atoms with Gasteiger partial charge in [-0.05, 0) is 18.9 Å². The third-order valence-electron chi connectivity index (χ3n) is 4.64. The molecule has 3 rings (SSSR count). The van der Waals surface area contributed by atoms with Gasteiger partial charge in [-0.25, -0.2) is 4.99 Å². The molecule has 0 bridgehead atoms. The van der Waals surface area contributed by atoms with Crippen molar-refractivity contribution in [2.45, 2.75) is 25.8 Å². The summed E-state index contributed by atoms with van der Waals surface area (Å²) in [5.74, 6) is 3.13. The Morgan fingerprint density at radius 3 is 2.92 bits per heavy atom. The highest BCUT2D eigenvalue weighted by Crippen LogP contribution is 2.26. The van der Waals surface area contributed by atoms with Crippen molar-refractivity contribution in [1.82, 2.24) is 34.8 Å². The van der Waals surface area contributed by atoms with Gasteiger partial charge in [-0.3, -0.25) is 4.68 Å². The largest absolute Gasteiger partial charge is 0.353 e. The molecule has 0 spiro atoms. The van der Waals surface area contributed by atoms with Crippen LogP contribution in [0.4, 0.5) is 0 Å². The van der Waals surface area contributed by atoms with Crippen LogP contribution in [0.2, 0.25) is 0 Å². The lowest BCUT2D eigenvalue weighted by Gasteiger charge is -2.21. The molecule has 2 aromatic heterocycles. The molecule has 0 aromatic carbocycles. The van der Waals surface area contributed by atoms with E-state index in [0.717, 1.165) is 37.1 Å². The van der Waals surface area contributed by atoms with Crippen molar-refractivity contribution in [2.75, 3.05) is 19.6 Å². The number of aliphatic imine (C=N–C) groups is 1. The summed E-state index contributed by atoms with van der Waals surface area (Å²) in [5, 5.41) is 15.9. The number of nitrogens with one attached hydrogen (secondary N) is 1. The molecule has 25 heavy (non-hydrogen) atoms. The van der Waals surface area contributed by atoms with Gasteiger partial charge in [-0.2, -0.15) is 5.10 Å². The normalized spacial score (nSPS) is 18.0. The van der Waals surface area contributed by atoms with Gasteiger partial charge in [-0.1, -0.05) is 6.08 Å². The summed E-state index contributed by atoms with van der Waals surface area (Å²) in [4.78, 5) is 7.06. The van der Waals surface area contributed by atoms with Crippen molar-refractivity contribution in [3.05, 3.63) is 42.3 Å². The maximum absolute atomic E-state index is 4.76. The molecule has 0 radical (unpaired) electrons. The van der Waals surface area contributed by atoms with E-state index in [4.69, 9.17) is 4.99 Å². The summed E-state index contributed by atoms with van der Waals surface area (Å²) in [6.45, 7) is 8.83. The maximum Gasteiger partial charge on any atom is 0.194 e. The van der Waals surface area contributed by atoms with Gasteiger partial charge in [0.15, 0.2) is 11.8 Å². The van der Waals surface area contributed by atoms with Gasteiger partial charge in [0.2, 0.25) is 0 Å². The zero-order chi connectivity index (χ0) is 17.8. The second-order valence-corrected chi connectivity index (χ2v) is 6.41. The molecule has 0 aliphatic carbocycles. The molecule has 1 unspecified atom stereocenters. The van der Waals surface area contributed by atoms with Crippen LogP contribution >= 0.6 is 0 Å². The molecular formula is C17H26N8. The molecule has 1 saturated heterocycles.